The van der Waals surface area contributed by atoms with Crippen molar-refractivity contribution >= 4 is 17.6 Å². The highest BCUT2D eigenvalue weighted by atomic mass is 35.5. The molecule has 0 unspecified atom stereocenters. The molecule has 3 nitrogen and oxygen atoms in total. The fourth-order valence-corrected chi connectivity index (χ4v) is 2.21. The van der Waals surface area contributed by atoms with Gasteiger partial charge in [0.1, 0.15) is 11.5 Å². The largest absolute Gasteiger partial charge is 0.482 e. The average Bonchev–Trinajstić information content (AvgIpc) is 2.49. The Kier molecular flexibility index (Phi) is 5.61. The van der Waals surface area contributed by atoms with E-state index in [0.29, 0.717) is 22.9 Å². The van der Waals surface area contributed by atoms with Crippen molar-refractivity contribution in [2.24, 2.45) is 0 Å². The van der Waals surface area contributed by atoms with Crippen molar-refractivity contribution in [3.63, 3.8) is 0 Å². The number of ether oxygens (including phenoxy) is 2. The standard InChI is InChI=1S/C18H17ClO3/c1-3-6-14-7-4-5-8-17(14)21-12-18(20)22-16-10-9-15(19)11-13(16)2/h3-5,7-11H,1,6,12H2,2H3. The van der Waals surface area contributed by atoms with E-state index >= 15 is 0 Å². The number of carbonyl (C=O) groups excluding carboxylic acids is 1. The van der Waals surface area contributed by atoms with Crippen molar-refractivity contribution in [1.82, 2.24) is 0 Å². The first-order valence-corrected chi connectivity index (χ1v) is 7.26. The van der Waals surface area contributed by atoms with Gasteiger partial charge in [0, 0.05) is 5.02 Å². The smallest absolute Gasteiger partial charge is 0.349 e. The monoisotopic (exact) mass is 316 g/mol. The Morgan fingerprint density at radius 2 is 2.00 bits per heavy atom. The molecule has 22 heavy (non-hydrogen) atoms. The van der Waals surface area contributed by atoms with E-state index in [-0.39, 0.29) is 6.61 Å². The van der Waals surface area contributed by atoms with E-state index in [1.165, 1.54) is 0 Å². The molecule has 0 aromatic heterocycles. The summed E-state index contributed by atoms with van der Waals surface area (Å²) in [5.41, 5.74) is 1.78. The van der Waals surface area contributed by atoms with Gasteiger partial charge in [-0.25, -0.2) is 4.79 Å². The van der Waals surface area contributed by atoms with Gasteiger partial charge in [-0.15, -0.1) is 6.58 Å². The Morgan fingerprint density at radius 1 is 1.23 bits per heavy atom. The molecule has 0 fully saturated rings. The van der Waals surface area contributed by atoms with E-state index in [1.54, 1.807) is 24.3 Å². The first-order chi connectivity index (χ1) is 10.6. The van der Waals surface area contributed by atoms with Gasteiger partial charge < -0.3 is 9.47 Å². The number of halogens is 1. The lowest BCUT2D eigenvalue weighted by Crippen LogP contribution is -2.18. The zero-order chi connectivity index (χ0) is 15.9. The summed E-state index contributed by atoms with van der Waals surface area (Å²) in [6.07, 6.45) is 2.47. The minimum Gasteiger partial charge on any atom is -0.482 e. The van der Waals surface area contributed by atoms with Crippen LogP contribution in [0.3, 0.4) is 0 Å². The lowest BCUT2D eigenvalue weighted by molar-refractivity contribution is -0.136. The number of hydrogen-bond donors (Lipinski definition) is 0. The molecule has 0 atom stereocenters. The van der Waals surface area contributed by atoms with Crippen molar-refractivity contribution < 1.29 is 14.3 Å². The van der Waals surface area contributed by atoms with E-state index in [0.717, 1.165) is 11.1 Å². The van der Waals surface area contributed by atoms with Crippen LogP contribution in [-0.4, -0.2) is 12.6 Å². The van der Waals surface area contributed by atoms with Crippen molar-refractivity contribution in [1.29, 1.82) is 0 Å². The molecule has 0 bridgehead atoms. The summed E-state index contributed by atoms with van der Waals surface area (Å²) in [7, 11) is 0. The summed E-state index contributed by atoms with van der Waals surface area (Å²) in [5.74, 6) is 0.684. The Labute approximate surface area is 135 Å². The summed E-state index contributed by atoms with van der Waals surface area (Å²) < 4.78 is 10.8. The molecule has 2 rings (SSSR count). The SMILES string of the molecule is C=CCc1ccccc1OCC(=O)Oc1ccc(Cl)cc1C. The third-order valence-electron chi connectivity index (χ3n) is 3.04. The van der Waals surface area contributed by atoms with Gasteiger partial charge in [-0.05, 0) is 48.7 Å². The molecule has 0 N–H and O–H groups in total. The molecular weight excluding hydrogens is 300 g/mol. The Bertz CT molecular complexity index is 680. The number of hydrogen-bond acceptors (Lipinski definition) is 3. The molecule has 114 valence electrons. The number of rotatable bonds is 6. The first kappa shape index (κ1) is 16.1. The lowest BCUT2D eigenvalue weighted by atomic mass is 10.1. The third-order valence-corrected chi connectivity index (χ3v) is 3.28. The van der Waals surface area contributed by atoms with Gasteiger partial charge in [0.25, 0.3) is 0 Å². The van der Waals surface area contributed by atoms with Gasteiger partial charge in [-0.1, -0.05) is 35.9 Å². The van der Waals surface area contributed by atoms with Crippen LogP contribution in [0.4, 0.5) is 0 Å². The van der Waals surface area contributed by atoms with E-state index in [1.807, 2.05) is 31.2 Å². The van der Waals surface area contributed by atoms with E-state index in [2.05, 4.69) is 6.58 Å². The normalized spacial score (nSPS) is 10.1. The second kappa shape index (κ2) is 7.66. The zero-order valence-electron chi connectivity index (χ0n) is 12.3. The molecular formula is C18H17ClO3. The second-order valence-electron chi connectivity index (χ2n) is 4.77. The van der Waals surface area contributed by atoms with Crippen LogP contribution >= 0.6 is 11.6 Å². The molecule has 0 spiro atoms. The maximum atomic E-state index is 11.9. The molecule has 0 aliphatic heterocycles. The molecule has 2 aromatic carbocycles. The summed E-state index contributed by atoms with van der Waals surface area (Å²) in [6.45, 7) is 5.38. The minimum atomic E-state index is -0.459. The topological polar surface area (TPSA) is 35.5 Å². The van der Waals surface area contributed by atoms with E-state index in [4.69, 9.17) is 21.1 Å². The second-order valence-corrected chi connectivity index (χ2v) is 5.21. The summed E-state index contributed by atoms with van der Waals surface area (Å²) >= 11 is 5.87. The predicted molar refractivity (Wildman–Crippen MR) is 87.7 cm³/mol. The molecule has 0 aliphatic rings. The van der Waals surface area contributed by atoms with Gasteiger partial charge in [-0.3, -0.25) is 0 Å². The van der Waals surface area contributed by atoms with Crippen molar-refractivity contribution in [3.8, 4) is 11.5 Å². The van der Waals surface area contributed by atoms with Gasteiger partial charge >= 0.3 is 5.97 Å². The van der Waals surface area contributed by atoms with E-state index in [9.17, 15) is 4.79 Å². The molecule has 0 amide bonds. The maximum Gasteiger partial charge on any atom is 0.349 e. The van der Waals surface area contributed by atoms with Crippen LogP contribution in [0.25, 0.3) is 0 Å². The number of aryl methyl sites for hydroxylation is 1. The number of esters is 1. The number of benzene rings is 2. The number of allylic oxidation sites excluding steroid dienone is 1. The van der Waals surface area contributed by atoms with Crippen molar-refractivity contribution in [3.05, 3.63) is 71.3 Å². The highest BCUT2D eigenvalue weighted by Crippen LogP contribution is 2.22. The first-order valence-electron chi connectivity index (χ1n) is 6.88. The number of carbonyl (C=O) groups is 1. The molecule has 0 saturated carbocycles. The maximum absolute atomic E-state index is 11.9. The Balaban J connectivity index is 1.97. The molecule has 0 heterocycles. The van der Waals surface area contributed by atoms with Crippen LogP contribution in [0, 0.1) is 6.92 Å². The summed E-state index contributed by atoms with van der Waals surface area (Å²) in [4.78, 5) is 11.9. The Morgan fingerprint density at radius 3 is 2.73 bits per heavy atom. The van der Waals surface area contributed by atoms with Gasteiger partial charge in [0.15, 0.2) is 6.61 Å². The quantitative estimate of drug-likeness (QED) is 0.451. The van der Waals surface area contributed by atoms with Crippen molar-refractivity contribution in [2.75, 3.05) is 6.61 Å². The van der Waals surface area contributed by atoms with Crippen LogP contribution in [0.5, 0.6) is 11.5 Å². The highest BCUT2D eigenvalue weighted by molar-refractivity contribution is 6.30. The Hall–Kier alpha value is -2.26. The molecule has 0 saturated heterocycles. The predicted octanol–water partition coefficient (Wildman–Crippen LogP) is 4.36. The molecule has 0 radical (unpaired) electrons. The summed E-state index contributed by atoms with van der Waals surface area (Å²) in [6, 6.07) is 12.6. The van der Waals surface area contributed by atoms with Crippen LogP contribution < -0.4 is 9.47 Å². The fraction of sp³-hybridized carbons (Fsp3) is 0.167. The molecule has 0 aliphatic carbocycles. The highest BCUT2D eigenvalue weighted by Gasteiger charge is 2.10. The summed E-state index contributed by atoms with van der Waals surface area (Å²) in [5, 5.41) is 0.604. The average molecular weight is 317 g/mol. The number of para-hydroxylation sites is 1. The lowest BCUT2D eigenvalue weighted by Gasteiger charge is -2.11. The van der Waals surface area contributed by atoms with Crippen LogP contribution in [-0.2, 0) is 11.2 Å². The molecule has 2 aromatic rings. The fourth-order valence-electron chi connectivity index (χ4n) is 1.98. The molecule has 4 heteroatoms. The van der Waals surface area contributed by atoms with Crippen molar-refractivity contribution in [2.45, 2.75) is 13.3 Å². The minimum absolute atomic E-state index is 0.157. The van der Waals surface area contributed by atoms with Crippen LogP contribution in [0.15, 0.2) is 55.1 Å². The van der Waals surface area contributed by atoms with Gasteiger partial charge in [0.05, 0.1) is 0 Å². The van der Waals surface area contributed by atoms with Gasteiger partial charge in [0.2, 0.25) is 0 Å². The zero-order valence-corrected chi connectivity index (χ0v) is 13.1. The van der Waals surface area contributed by atoms with E-state index < -0.39 is 5.97 Å². The third kappa shape index (κ3) is 4.37. The van der Waals surface area contributed by atoms with Crippen LogP contribution in [0.2, 0.25) is 5.02 Å². The van der Waals surface area contributed by atoms with Gasteiger partial charge in [-0.2, -0.15) is 0 Å². The van der Waals surface area contributed by atoms with Crippen LogP contribution in [0.1, 0.15) is 11.1 Å².